The van der Waals surface area contributed by atoms with Crippen LogP contribution in [0.4, 0.5) is 10.1 Å². The van der Waals surface area contributed by atoms with Gasteiger partial charge in [0.25, 0.3) is 0 Å². The minimum absolute atomic E-state index is 0.0589. The van der Waals surface area contributed by atoms with Gasteiger partial charge in [-0.25, -0.2) is 12.8 Å². The van der Waals surface area contributed by atoms with E-state index in [9.17, 15) is 17.6 Å². The quantitative estimate of drug-likeness (QED) is 0.815. The topological polar surface area (TPSA) is 83.7 Å². The van der Waals surface area contributed by atoms with Crippen molar-refractivity contribution in [2.24, 2.45) is 0 Å². The van der Waals surface area contributed by atoms with Gasteiger partial charge in [-0.05, 0) is 19.1 Å². The van der Waals surface area contributed by atoms with E-state index in [4.69, 9.17) is 5.73 Å². The molecule has 1 amide bonds. The summed E-state index contributed by atoms with van der Waals surface area (Å²) < 4.78 is 39.6. The summed E-state index contributed by atoms with van der Waals surface area (Å²) >= 11 is 0. The van der Waals surface area contributed by atoms with Crippen LogP contribution in [0.1, 0.15) is 12.5 Å². The van der Waals surface area contributed by atoms with Gasteiger partial charge >= 0.3 is 0 Å². The Kier molecular flexibility index (Phi) is 5.30. The van der Waals surface area contributed by atoms with Gasteiger partial charge in [0.05, 0.1) is 11.4 Å². The second-order valence-corrected chi connectivity index (χ2v) is 6.78. The average molecular weight is 317 g/mol. The molecule has 8 heteroatoms. The maximum Gasteiger partial charge on any atom is 0.243 e. The first kappa shape index (κ1) is 17.4. The van der Waals surface area contributed by atoms with Crippen molar-refractivity contribution in [1.29, 1.82) is 0 Å². The number of likely N-dealkylation sites (N-methyl/N-ethyl adjacent to an activating group) is 2. The third-order valence-electron chi connectivity index (χ3n) is 3.16. The Morgan fingerprint density at radius 2 is 1.90 bits per heavy atom. The van der Waals surface area contributed by atoms with Gasteiger partial charge < -0.3 is 10.6 Å². The van der Waals surface area contributed by atoms with Gasteiger partial charge in [-0.3, -0.25) is 4.79 Å². The summed E-state index contributed by atoms with van der Waals surface area (Å²) in [5.74, 6) is -1.05. The highest BCUT2D eigenvalue weighted by Gasteiger charge is 2.27. The lowest BCUT2D eigenvalue weighted by atomic mass is 10.2. The highest BCUT2D eigenvalue weighted by Crippen LogP contribution is 2.23. The summed E-state index contributed by atoms with van der Waals surface area (Å²) in [6.07, 6.45) is 0. The van der Waals surface area contributed by atoms with Gasteiger partial charge in [0.1, 0.15) is 5.82 Å². The largest absolute Gasteiger partial charge is 0.398 e. The second kappa shape index (κ2) is 6.40. The molecular weight excluding hydrogens is 297 g/mol. The van der Waals surface area contributed by atoms with Crippen LogP contribution in [0.25, 0.3) is 0 Å². The molecule has 21 heavy (non-hydrogen) atoms. The number of hydrogen-bond donors (Lipinski definition) is 1. The van der Waals surface area contributed by atoms with Crippen molar-refractivity contribution in [2.75, 3.05) is 32.9 Å². The van der Waals surface area contributed by atoms with E-state index in [2.05, 4.69) is 0 Å². The van der Waals surface area contributed by atoms with Gasteiger partial charge in [0.2, 0.25) is 15.9 Å². The molecule has 6 nitrogen and oxygen atoms in total. The number of rotatable bonds is 5. The monoisotopic (exact) mass is 317 g/mol. The molecular formula is C13H20FN3O3S. The van der Waals surface area contributed by atoms with Crippen LogP contribution < -0.4 is 5.73 Å². The molecule has 0 saturated carbocycles. The Bertz CT molecular complexity index is 621. The van der Waals surface area contributed by atoms with Crippen molar-refractivity contribution in [2.45, 2.75) is 18.7 Å². The normalized spacial score (nSPS) is 11.7. The molecule has 1 aromatic rings. The van der Waals surface area contributed by atoms with E-state index in [1.165, 1.54) is 32.0 Å². The van der Waals surface area contributed by atoms with E-state index in [1.807, 2.05) is 0 Å². The van der Waals surface area contributed by atoms with Crippen LogP contribution >= 0.6 is 0 Å². The van der Waals surface area contributed by atoms with Gasteiger partial charge in [-0.2, -0.15) is 4.31 Å². The van der Waals surface area contributed by atoms with Crippen molar-refractivity contribution in [3.63, 3.8) is 0 Å². The van der Waals surface area contributed by atoms with Gasteiger partial charge in [-0.1, -0.05) is 6.92 Å². The van der Waals surface area contributed by atoms with E-state index in [0.717, 1.165) is 10.4 Å². The van der Waals surface area contributed by atoms with E-state index >= 15 is 0 Å². The number of amides is 1. The first-order valence-corrected chi connectivity index (χ1v) is 7.81. The number of carbonyl (C=O) groups excluding carboxylic acids is 1. The zero-order chi connectivity index (χ0) is 16.4. The Morgan fingerprint density at radius 3 is 2.33 bits per heavy atom. The number of hydrogen-bond acceptors (Lipinski definition) is 4. The highest BCUT2D eigenvalue weighted by molar-refractivity contribution is 7.89. The van der Waals surface area contributed by atoms with Crippen LogP contribution in [0.5, 0.6) is 0 Å². The average Bonchev–Trinajstić information content (AvgIpc) is 2.40. The molecule has 0 saturated heterocycles. The summed E-state index contributed by atoms with van der Waals surface area (Å²) in [6, 6.07) is 2.13. The van der Waals surface area contributed by atoms with Crippen LogP contribution in [0.3, 0.4) is 0 Å². The first-order valence-electron chi connectivity index (χ1n) is 6.37. The lowest BCUT2D eigenvalue weighted by molar-refractivity contribution is -0.128. The molecule has 0 aliphatic carbocycles. The summed E-state index contributed by atoms with van der Waals surface area (Å²) in [7, 11) is -0.908. The minimum Gasteiger partial charge on any atom is -0.398 e. The van der Waals surface area contributed by atoms with Crippen molar-refractivity contribution < 1.29 is 17.6 Å². The Balaban J connectivity index is 3.22. The molecule has 118 valence electrons. The zero-order valence-corrected chi connectivity index (χ0v) is 13.4. The fraction of sp³-hybridized carbons (Fsp3) is 0.462. The number of sulfonamides is 1. The maximum absolute atomic E-state index is 13.7. The van der Waals surface area contributed by atoms with Crippen molar-refractivity contribution in [3.05, 3.63) is 23.5 Å². The number of nitrogens with zero attached hydrogens (tertiary/aromatic N) is 2. The predicted octanol–water partition coefficient (Wildman–Crippen LogP) is 0.815. The number of benzene rings is 1. The molecule has 0 radical (unpaired) electrons. The zero-order valence-electron chi connectivity index (χ0n) is 12.6. The van der Waals surface area contributed by atoms with Crippen LogP contribution in [0, 0.1) is 12.7 Å². The van der Waals surface area contributed by atoms with E-state index in [-0.39, 0.29) is 35.1 Å². The predicted molar refractivity (Wildman–Crippen MR) is 78.7 cm³/mol. The fourth-order valence-electron chi connectivity index (χ4n) is 1.63. The number of nitrogens with two attached hydrogens (primary N) is 1. The first-order chi connectivity index (χ1) is 9.61. The fourth-order valence-corrected chi connectivity index (χ4v) is 3.08. The standard InChI is InChI=1S/C13H20FN3O3S/c1-5-17(8-13(18)16(3)4)21(19,20)10-6-11(14)9(2)12(15)7-10/h6-7H,5,8,15H2,1-4H3. The molecule has 0 heterocycles. The molecule has 0 aromatic heterocycles. The summed E-state index contributed by atoms with van der Waals surface area (Å²) in [5, 5.41) is 0. The molecule has 1 rings (SSSR count). The Morgan fingerprint density at radius 1 is 1.33 bits per heavy atom. The lowest BCUT2D eigenvalue weighted by Crippen LogP contribution is -2.40. The van der Waals surface area contributed by atoms with Gasteiger partial charge in [-0.15, -0.1) is 0 Å². The van der Waals surface area contributed by atoms with E-state index in [1.54, 1.807) is 6.92 Å². The number of nitrogen functional groups attached to an aromatic ring is 1. The molecule has 0 aliphatic rings. The summed E-state index contributed by atoms with van der Waals surface area (Å²) in [4.78, 5) is 12.7. The molecule has 0 aliphatic heterocycles. The SMILES string of the molecule is CCN(CC(=O)N(C)C)S(=O)(=O)c1cc(N)c(C)c(F)c1. The van der Waals surface area contributed by atoms with Crippen LogP contribution in [0.15, 0.2) is 17.0 Å². The molecule has 0 fully saturated rings. The molecule has 0 unspecified atom stereocenters. The Hall–Kier alpha value is -1.67. The smallest absolute Gasteiger partial charge is 0.243 e. The highest BCUT2D eigenvalue weighted by atomic mass is 32.2. The molecule has 0 bridgehead atoms. The van der Waals surface area contributed by atoms with E-state index in [0.29, 0.717) is 0 Å². The molecule has 2 N–H and O–H groups in total. The van der Waals surface area contributed by atoms with Gasteiger partial charge in [0, 0.05) is 31.9 Å². The van der Waals surface area contributed by atoms with Crippen LogP contribution in [-0.2, 0) is 14.8 Å². The minimum atomic E-state index is -3.98. The van der Waals surface area contributed by atoms with E-state index < -0.39 is 15.8 Å². The number of carbonyl (C=O) groups is 1. The lowest BCUT2D eigenvalue weighted by Gasteiger charge is -2.22. The summed E-state index contributed by atoms with van der Waals surface area (Å²) in [5.41, 5.74) is 5.87. The van der Waals surface area contributed by atoms with Gasteiger partial charge in [0.15, 0.2) is 0 Å². The van der Waals surface area contributed by atoms with Crippen LogP contribution in [0.2, 0.25) is 0 Å². The molecule has 1 aromatic carbocycles. The third kappa shape index (κ3) is 3.70. The number of halogens is 1. The van der Waals surface area contributed by atoms with Crippen LogP contribution in [-0.4, -0.2) is 50.7 Å². The van der Waals surface area contributed by atoms with Crippen molar-refractivity contribution in [1.82, 2.24) is 9.21 Å². The molecule has 0 spiro atoms. The number of anilines is 1. The Labute approximate surface area is 124 Å². The maximum atomic E-state index is 13.7. The second-order valence-electron chi connectivity index (χ2n) is 4.84. The third-order valence-corrected chi connectivity index (χ3v) is 5.06. The van der Waals surface area contributed by atoms with Crippen molar-refractivity contribution >= 4 is 21.6 Å². The summed E-state index contributed by atoms with van der Waals surface area (Å²) in [6.45, 7) is 2.86. The van der Waals surface area contributed by atoms with Crippen molar-refractivity contribution in [3.8, 4) is 0 Å². The molecule has 0 atom stereocenters.